The largest absolute Gasteiger partial charge is 0.472 e. The van der Waals surface area contributed by atoms with Crippen molar-refractivity contribution in [2.45, 2.75) is 219 Å². The van der Waals surface area contributed by atoms with E-state index in [1.807, 2.05) is 21.1 Å². The second-order valence-corrected chi connectivity index (χ2v) is 17.5. The molecule has 0 fully saturated rings. The highest BCUT2D eigenvalue weighted by Crippen LogP contribution is 2.43. The van der Waals surface area contributed by atoms with Crippen LogP contribution in [-0.4, -0.2) is 73.4 Å². The van der Waals surface area contributed by atoms with Crippen LogP contribution >= 0.6 is 7.82 Å². The minimum absolute atomic E-state index is 0.0768. The monoisotopic (exact) mass is 734 g/mol. The topological polar surface area (TPSA) is 105 Å². The van der Waals surface area contributed by atoms with E-state index in [0.29, 0.717) is 23.9 Å². The van der Waals surface area contributed by atoms with E-state index in [1.165, 1.54) is 135 Å². The van der Waals surface area contributed by atoms with Crippen LogP contribution < -0.4 is 5.32 Å². The third kappa shape index (κ3) is 35.9. The quantitative estimate of drug-likeness (QED) is 0.0330. The van der Waals surface area contributed by atoms with Gasteiger partial charge in [0.05, 0.1) is 39.9 Å². The molecule has 0 aromatic rings. The van der Waals surface area contributed by atoms with E-state index in [0.717, 1.165) is 44.9 Å². The lowest BCUT2D eigenvalue weighted by Crippen LogP contribution is -2.46. The van der Waals surface area contributed by atoms with Gasteiger partial charge in [-0.25, -0.2) is 4.57 Å². The van der Waals surface area contributed by atoms with E-state index in [-0.39, 0.29) is 19.1 Å². The van der Waals surface area contributed by atoms with Crippen molar-refractivity contribution in [1.82, 2.24) is 5.32 Å². The third-order valence-electron chi connectivity index (χ3n) is 9.86. The van der Waals surface area contributed by atoms with Crippen LogP contribution in [0.2, 0.25) is 0 Å². The number of rotatable bonds is 39. The van der Waals surface area contributed by atoms with E-state index in [2.05, 4.69) is 19.2 Å². The molecule has 3 unspecified atom stereocenters. The first-order valence-corrected chi connectivity index (χ1v) is 22.9. The fraction of sp³-hybridized carbons (Fsp3) is 0.976. The molecule has 3 atom stereocenters. The van der Waals surface area contributed by atoms with E-state index in [1.54, 1.807) is 0 Å². The number of phosphoric acid groups is 1. The lowest BCUT2D eigenvalue weighted by Gasteiger charge is -2.26. The van der Waals surface area contributed by atoms with Gasteiger partial charge in [0.15, 0.2) is 0 Å². The molecule has 0 bridgehead atoms. The number of quaternary nitrogens is 1. The lowest BCUT2D eigenvalue weighted by atomic mass is 10.0. The van der Waals surface area contributed by atoms with Gasteiger partial charge in [0.25, 0.3) is 0 Å². The van der Waals surface area contributed by atoms with E-state index >= 15 is 0 Å². The van der Waals surface area contributed by atoms with Gasteiger partial charge >= 0.3 is 7.82 Å². The molecule has 0 aliphatic heterocycles. The highest BCUT2D eigenvalue weighted by molar-refractivity contribution is 7.47. The third-order valence-corrected chi connectivity index (χ3v) is 10.8. The fourth-order valence-corrected chi connectivity index (χ4v) is 7.13. The number of nitrogens with one attached hydrogen (secondary N) is 1. The highest BCUT2D eigenvalue weighted by atomic mass is 31.2. The summed E-state index contributed by atoms with van der Waals surface area (Å²) in [5, 5.41) is 13.7. The van der Waals surface area contributed by atoms with Crippen molar-refractivity contribution in [1.29, 1.82) is 0 Å². The summed E-state index contributed by atoms with van der Waals surface area (Å²) >= 11 is 0. The second kappa shape index (κ2) is 34.3. The minimum atomic E-state index is -4.29. The van der Waals surface area contributed by atoms with Gasteiger partial charge in [-0.15, -0.1) is 0 Å². The van der Waals surface area contributed by atoms with Crippen LogP contribution in [0.4, 0.5) is 0 Å². The number of amides is 1. The molecule has 9 heteroatoms. The number of aliphatic hydroxyl groups excluding tert-OH is 1. The molecular weight excluding hydrogens is 647 g/mol. The number of likely N-dealkylation sites (N-methyl/N-ethyl adjacent to an activating group) is 1. The Balaban J connectivity index is 3.89. The Labute approximate surface area is 310 Å². The van der Waals surface area contributed by atoms with Crippen molar-refractivity contribution in [2.75, 3.05) is 40.9 Å². The molecule has 0 radical (unpaired) electrons. The van der Waals surface area contributed by atoms with Gasteiger partial charge in [-0.1, -0.05) is 187 Å². The summed E-state index contributed by atoms with van der Waals surface area (Å²) in [7, 11) is 1.62. The van der Waals surface area contributed by atoms with E-state index in [9.17, 15) is 19.4 Å². The normalized spacial score (nSPS) is 14.5. The molecule has 0 aromatic carbocycles. The summed E-state index contributed by atoms with van der Waals surface area (Å²) in [6.07, 6.45) is 36.3. The maximum absolute atomic E-state index is 12.7. The van der Waals surface area contributed by atoms with Gasteiger partial charge in [-0.3, -0.25) is 13.8 Å². The van der Waals surface area contributed by atoms with Gasteiger partial charge in [0.1, 0.15) is 13.2 Å². The summed E-state index contributed by atoms with van der Waals surface area (Å²) in [5.74, 6) is -0.149. The molecule has 0 saturated carbocycles. The Morgan fingerprint density at radius 1 is 0.600 bits per heavy atom. The molecule has 0 spiro atoms. The maximum Gasteiger partial charge on any atom is 0.472 e. The number of hydrogen-bond donors (Lipinski definition) is 3. The molecule has 50 heavy (non-hydrogen) atoms. The molecule has 8 nitrogen and oxygen atoms in total. The first kappa shape index (κ1) is 49.5. The molecule has 0 rings (SSSR count). The predicted octanol–water partition coefficient (Wildman–Crippen LogP) is 11.4. The molecule has 0 heterocycles. The molecule has 3 N–H and O–H groups in total. The van der Waals surface area contributed by atoms with Crippen molar-refractivity contribution in [3.63, 3.8) is 0 Å². The van der Waals surface area contributed by atoms with Crippen LogP contribution in [-0.2, 0) is 18.4 Å². The average Bonchev–Trinajstić information content (AvgIpc) is 3.06. The molecule has 1 amide bonds. The van der Waals surface area contributed by atoms with Crippen molar-refractivity contribution >= 4 is 13.7 Å². The zero-order valence-electron chi connectivity index (χ0n) is 33.9. The molecule has 300 valence electrons. The highest BCUT2D eigenvalue weighted by Gasteiger charge is 2.28. The second-order valence-electron chi connectivity index (χ2n) is 16.1. The lowest BCUT2D eigenvalue weighted by molar-refractivity contribution is -0.870. The summed E-state index contributed by atoms with van der Waals surface area (Å²) in [4.78, 5) is 22.9. The standard InChI is InChI=1S/C41H85N2O6P/c1-6-8-10-12-13-14-15-16-17-18-19-20-21-22-23-24-25-26-27-28-29-30-31-33-35-41(45)42-39(40(44)34-32-11-9-7-2)38-49-50(46,47)48-37-36-43(3,4)5/h39-40,44H,6-38H2,1-5H3,(H-,42,45,46,47)/p+1. The van der Waals surface area contributed by atoms with Crippen LogP contribution in [0.5, 0.6) is 0 Å². The maximum atomic E-state index is 12.7. The zero-order chi connectivity index (χ0) is 37.2. The Hall–Kier alpha value is -0.500. The number of unbranched alkanes of at least 4 members (excludes halogenated alkanes) is 26. The Kier molecular flexibility index (Phi) is 33.9. The minimum Gasteiger partial charge on any atom is -0.391 e. The van der Waals surface area contributed by atoms with Crippen LogP contribution in [0.3, 0.4) is 0 Å². The molecule has 0 aromatic heterocycles. The van der Waals surface area contributed by atoms with Crippen molar-refractivity contribution in [3.8, 4) is 0 Å². The predicted molar refractivity (Wildman–Crippen MR) is 212 cm³/mol. The fourth-order valence-electron chi connectivity index (χ4n) is 6.40. The number of hydrogen-bond acceptors (Lipinski definition) is 5. The van der Waals surface area contributed by atoms with Crippen LogP contribution in [0.25, 0.3) is 0 Å². The number of carbonyl (C=O) groups is 1. The summed E-state index contributed by atoms with van der Waals surface area (Å²) in [5.41, 5.74) is 0. The van der Waals surface area contributed by atoms with Gasteiger partial charge in [-0.2, -0.15) is 0 Å². The summed E-state index contributed by atoms with van der Waals surface area (Å²) in [6, 6.07) is -0.749. The van der Waals surface area contributed by atoms with E-state index < -0.39 is 20.0 Å². The van der Waals surface area contributed by atoms with Gasteiger partial charge in [0.2, 0.25) is 5.91 Å². The van der Waals surface area contributed by atoms with Crippen molar-refractivity contribution < 1.29 is 32.9 Å². The zero-order valence-corrected chi connectivity index (χ0v) is 34.8. The summed E-state index contributed by atoms with van der Waals surface area (Å²) in [6.45, 7) is 4.78. The first-order chi connectivity index (χ1) is 24.0. The number of phosphoric ester groups is 1. The van der Waals surface area contributed by atoms with Crippen molar-refractivity contribution in [3.05, 3.63) is 0 Å². The molecule has 0 aliphatic carbocycles. The Morgan fingerprint density at radius 2 is 0.960 bits per heavy atom. The van der Waals surface area contributed by atoms with Gasteiger partial charge < -0.3 is 19.8 Å². The first-order valence-electron chi connectivity index (χ1n) is 21.4. The Bertz CT molecular complexity index is 794. The molecule has 0 aliphatic rings. The number of carbonyl (C=O) groups excluding carboxylic acids is 1. The molecule has 0 saturated heterocycles. The number of aliphatic hydroxyl groups is 1. The number of nitrogens with zero attached hydrogens (tertiary/aromatic N) is 1. The smallest absolute Gasteiger partial charge is 0.391 e. The summed E-state index contributed by atoms with van der Waals surface area (Å²) < 4.78 is 23.3. The van der Waals surface area contributed by atoms with Gasteiger partial charge in [0, 0.05) is 6.42 Å². The molecular formula is C41H86N2O6P+. The average molecular weight is 734 g/mol. The van der Waals surface area contributed by atoms with Gasteiger partial charge in [-0.05, 0) is 12.8 Å². The Morgan fingerprint density at radius 3 is 1.34 bits per heavy atom. The van der Waals surface area contributed by atoms with E-state index in [4.69, 9.17) is 9.05 Å². The SMILES string of the molecule is CCCCCCCCCCCCCCCCCCCCCCCCCCC(=O)NC(COP(=O)(O)OCC[N+](C)(C)C)C(O)CCCCCC. The van der Waals surface area contributed by atoms with Crippen LogP contribution in [0.15, 0.2) is 0 Å². The van der Waals surface area contributed by atoms with Crippen molar-refractivity contribution in [2.24, 2.45) is 0 Å². The van der Waals surface area contributed by atoms with Crippen LogP contribution in [0.1, 0.15) is 206 Å². The van der Waals surface area contributed by atoms with Crippen LogP contribution in [0, 0.1) is 0 Å².